The van der Waals surface area contributed by atoms with Gasteiger partial charge in [-0.15, -0.1) is 0 Å². The second kappa shape index (κ2) is 7.35. The van der Waals surface area contributed by atoms with Crippen molar-refractivity contribution in [2.24, 2.45) is 0 Å². The Morgan fingerprint density at radius 1 is 1.09 bits per heavy atom. The standard InChI is InChI=1S/C16H18N2O5/c1-21-12-8-14(23-3)13(22-2)7-10(12)9-18-16(20)11-5-4-6-17-15(11)19/h4-8H,9H2,1-3H3,(H,17,19)(H,18,20). The third-order valence-electron chi connectivity index (χ3n) is 3.29. The average molecular weight is 318 g/mol. The topological polar surface area (TPSA) is 89.7 Å². The number of hydrogen-bond acceptors (Lipinski definition) is 5. The molecule has 1 aromatic heterocycles. The van der Waals surface area contributed by atoms with Crippen molar-refractivity contribution >= 4 is 5.91 Å². The van der Waals surface area contributed by atoms with Gasteiger partial charge in [0.1, 0.15) is 11.3 Å². The van der Waals surface area contributed by atoms with E-state index in [9.17, 15) is 9.59 Å². The lowest BCUT2D eigenvalue weighted by atomic mass is 10.1. The number of carbonyl (C=O) groups is 1. The monoisotopic (exact) mass is 318 g/mol. The van der Waals surface area contributed by atoms with Crippen LogP contribution in [0.4, 0.5) is 0 Å². The van der Waals surface area contributed by atoms with Gasteiger partial charge in [0.15, 0.2) is 11.5 Å². The summed E-state index contributed by atoms with van der Waals surface area (Å²) >= 11 is 0. The minimum Gasteiger partial charge on any atom is -0.496 e. The zero-order chi connectivity index (χ0) is 16.8. The number of amides is 1. The number of rotatable bonds is 6. The molecule has 1 aromatic carbocycles. The lowest BCUT2D eigenvalue weighted by Gasteiger charge is -2.14. The van der Waals surface area contributed by atoms with Crippen LogP contribution in [0, 0.1) is 0 Å². The number of benzene rings is 1. The first-order valence-corrected chi connectivity index (χ1v) is 6.85. The van der Waals surface area contributed by atoms with Gasteiger partial charge < -0.3 is 24.5 Å². The molecule has 0 fully saturated rings. The van der Waals surface area contributed by atoms with Crippen molar-refractivity contribution in [3.05, 3.63) is 51.9 Å². The zero-order valence-corrected chi connectivity index (χ0v) is 13.1. The smallest absolute Gasteiger partial charge is 0.260 e. The molecule has 7 heteroatoms. The first-order chi connectivity index (χ1) is 11.1. The summed E-state index contributed by atoms with van der Waals surface area (Å²) in [7, 11) is 4.57. The molecule has 0 aliphatic rings. The summed E-state index contributed by atoms with van der Waals surface area (Å²) in [5.74, 6) is 1.13. The van der Waals surface area contributed by atoms with Crippen molar-refractivity contribution in [3.63, 3.8) is 0 Å². The summed E-state index contributed by atoms with van der Waals surface area (Å²) in [6.45, 7) is 0.177. The number of nitrogens with one attached hydrogen (secondary N) is 2. The number of aromatic amines is 1. The molecule has 23 heavy (non-hydrogen) atoms. The zero-order valence-electron chi connectivity index (χ0n) is 13.1. The molecule has 0 aliphatic heterocycles. The summed E-state index contributed by atoms with van der Waals surface area (Å²) in [6.07, 6.45) is 1.47. The van der Waals surface area contributed by atoms with Gasteiger partial charge in [-0.1, -0.05) is 0 Å². The summed E-state index contributed by atoms with van der Waals surface area (Å²) in [4.78, 5) is 26.1. The molecule has 0 bridgehead atoms. The van der Waals surface area contributed by atoms with Crippen molar-refractivity contribution in [2.75, 3.05) is 21.3 Å². The van der Waals surface area contributed by atoms with Gasteiger partial charge in [-0.05, 0) is 18.2 Å². The molecule has 0 unspecified atom stereocenters. The lowest BCUT2D eigenvalue weighted by molar-refractivity contribution is 0.0949. The van der Waals surface area contributed by atoms with Crippen LogP contribution in [0.15, 0.2) is 35.3 Å². The molecular weight excluding hydrogens is 300 g/mol. The van der Waals surface area contributed by atoms with Crippen LogP contribution in [0.25, 0.3) is 0 Å². The minimum atomic E-state index is -0.469. The van der Waals surface area contributed by atoms with E-state index in [0.29, 0.717) is 22.8 Å². The molecule has 0 saturated heterocycles. The predicted octanol–water partition coefficient (Wildman–Crippen LogP) is 1.33. The first-order valence-electron chi connectivity index (χ1n) is 6.85. The molecule has 2 rings (SSSR count). The quantitative estimate of drug-likeness (QED) is 0.839. The number of H-pyrrole nitrogens is 1. The molecule has 0 aliphatic carbocycles. The Balaban J connectivity index is 2.21. The van der Waals surface area contributed by atoms with E-state index in [1.165, 1.54) is 33.6 Å². The van der Waals surface area contributed by atoms with Gasteiger partial charge in [0, 0.05) is 24.4 Å². The molecule has 1 heterocycles. The second-order valence-corrected chi connectivity index (χ2v) is 4.61. The summed E-state index contributed by atoms with van der Waals surface area (Å²) in [5.41, 5.74) is 0.307. The summed E-state index contributed by atoms with van der Waals surface area (Å²) < 4.78 is 15.7. The largest absolute Gasteiger partial charge is 0.496 e. The first kappa shape index (κ1) is 16.4. The Morgan fingerprint density at radius 3 is 2.35 bits per heavy atom. The number of aromatic nitrogens is 1. The molecule has 122 valence electrons. The second-order valence-electron chi connectivity index (χ2n) is 4.61. The molecule has 0 atom stereocenters. The van der Waals surface area contributed by atoms with E-state index in [1.807, 2.05) is 0 Å². The van der Waals surface area contributed by atoms with Crippen LogP contribution in [0.1, 0.15) is 15.9 Å². The van der Waals surface area contributed by atoms with Crippen LogP contribution in [0.2, 0.25) is 0 Å². The Labute approximate surface area is 133 Å². The fraction of sp³-hybridized carbons (Fsp3) is 0.250. The maximum Gasteiger partial charge on any atom is 0.260 e. The maximum atomic E-state index is 12.1. The molecule has 0 saturated carbocycles. The van der Waals surface area contributed by atoms with E-state index in [2.05, 4.69) is 10.3 Å². The predicted molar refractivity (Wildman–Crippen MR) is 84.3 cm³/mol. The average Bonchev–Trinajstić information content (AvgIpc) is 2.59. The SMILES string of the molecule is COc1cc(OC)c(OC)cc1CNC(=O)c1ccc[nH]c1=O. The number of methoxy groups -OCH3 is 3. The minimum absolute atomic E-state index is 0.0481. The van der Waals surface area contributed by atoms with Crippen LogP contribution in [-0.2, 0) is 6.54 Å². The normalized spacial score (nSPS) is 10.0. The van der Waals surface area contributed by atoms with Crippen molar-refractivity contribution in [1.29, 1.82) is 0 Å². The van der Waals surface area contributed by atoms with Gasteiger partial charge in [0.25, 0.3) is 11.5 Å². The van der Waals surface area contributed by atoms with Gasteiger partial charge in [-0.25, -0.2) is 0 Å². The highest BCUT2D eigenvalue weighted by Crippen LogP contribution is 2.34. The number of carbonyl (C=O) groups excluding carboxylic acids is 1. The van der Waals surface area contributed by atoms with E-state index in [1.54, 1.807) is 18.2 Å². The highest BCUT2D eigenvalue weighted by atomic mass is 16.5. The third kappa shape index (κ3) is 3.63. The summed E-state index contributed by atoms with van der Waals surface area (Å²) in [6, 6.07) is 6.44. The van der Waals surface area contributed by atoms with Crippen molar-refractivity contribution < 1.29 is 19.0 Å². The highest BCUT2D eigenvalue weighted by Gasteiger charge is 2.14. The van der Waals surface area contributed by atoms with Crippen molar-refractivity contribution in [2.45, 2.75) is 6.54 Å². The Morgan fingerprint density at radius 2 is 1.74 bits per heavy atom. The van der Waals surface area contributed by atoms with E-state index in [-0.39, 0.29) is 12.1 Å². The van der Waals surface area contributed by atoms with E-state index in [0.717, 1.165) is 0 Å². The van der Waals surface area contributed by atoms with E-state index >= 15 is 0 Å². The van der Waals surface area contributed by atoms with Crippen LogP contribution in [0.3, 0.4) is 0 Å². The Bertz CT molecular complexity index is 754. The van der Waals surface area contributed by atoms with Gasteiger partial charge >= 0.3 is 0 Å². The third-order valence-corrected chi connectivity index (χ3v) is 3.29. The van der Waals surface area contributed by atoms with E-state index in [4.69, 9.17) is 14.2 Å². The van der Waals surface area contributed by atoms with Gasteiger partial charge in [0.2, 0.25) is 0 Å². The van der Waals surface area contributed by atoms with Gasteiger partial charge in [-0.3, -0.25) is 9.59 Å². The maximum absolute atomic E-state index is 12.1. The van der Waals surface area contributed by atoms with Crippen molar-refractivity contribution in [1.82, 2.24) is 10.3 Å². The Hall–Kier alpha value is -2.96. The fourth-order valence-electron chi connectivity index (χ4n) is 2.10. The molecule has 0 radical (unpaired) electrons. The van der Waals surface area contributed by atoms with Gasteiger partial charge in [0.05, 0.1) is 21.3 Å². The number of pyridine rings is 1. The fourth-order valence-corrected chi connectivity index (χ4v) is 2.10. The molecule has 2 aromatic rings. The molecular formula is C16H18N2O5. The van der Waals surface area contributed by atoms with Crippen LogP contribution >= 0.6 is 0 Å². The number of ether oxygens (including phenoxy) is 3. The molecule has 2 N–H and O–H groups in total. The van der Waals surface area contributed by atoms with Crippen LogP contribution in [-0.4, -0.2) is 32.2 Å². The highest BCUT2D eigenvalue weighted by molar-refractivity contribution is 5.93. The lowest BCUT2D eigenvalue weighted by Crippen LogP contribution is -2.29. The van der Waals surface area contributed by atoms with Crippen LogP contribution < -0.4 is 25.1 Å². The molecule has 7 nitrogen and oxygen atoms in total. The summed E-state index contributed by atoms with van der Waals surface area (Å²) in [5, 5.41) is 2.68. The van der Waals surface area contributed by atoms with Crippen molar-refractivity contribution in [3.8, 4) is 17.2 Å². The molecule has 1 amide bonds. The molecule has 0 spiro atoms. The van der Waals surface area contributed by atoms with E-state index < -0.39 is 11.5 Å². The van der Waals surface area contributed by atoms with Crippen LogP contribution in [0.5, 0.6) is 17.2 Å². The number of hydrogen-bond donors (Lipinski definition) is 2. The Kier molecular flexibility index (Phi) is 5.24. The van der Waals surface area contributed by atoms with Gasteiger partial charge in [-0.2, -0.15) is 0 Å².